The maximum atomic E-state index is 12.9. The van der Waals surface area contributed by atoms with Crippen LogP contribution in [0.3, 0.4) is 0 Å². The van der Waals surface area contributed by atoms with Crippen molar-refractivity contribution in [2.24, 2.45) is 0 Å². The van der Waals surface area contributed by atoms with E-state index in [0.717, 1.165) is 6.42 Å². The minimum Gasteiger partial charge on any atom is -0.332 e. The number of hydrogen-bond donors (Lipinski definition) is 0. The average Bonchev–Trinajstić information content (AvgIpc) is 2.72. The van der Waals surface area contributed by atoms with Gasteiger partial charge in [-0.1, -0.05) is 30.7 Å². The Hall–Kier alpha value is -2.66. The summed E-state index contributed by atoms with van der Waals surface area (Å²) in [5.41, 5.74) is 2.23. The predicted molar refractivity (Wildman–Crippen MR) is 113 cm³/mol. The monoisotopic (exact) mass is 397 g/mol. The Kier molecular flexibility index (Phi) is 5.84. The lowest BCUT2D eigenvalue weighted by molar-refractivity contribution is 0.0733. The summed E-state index contributed by atoms with van der Waals surface area (Å²) in [6, 6.07) is 12.3. The molecule has 1 amide bonds. The topological polar surface area (TPSA) is 55.2 Å². The molecule has 0 radical (unpaired) electrons. The van der Waals surface area contributed by atoms with E-state index in [4.69, 9.17) is 11.6 Å². The molecule has 0 fully saturated rings. The van der Waals surface area contributed by atoms with Crippen molar-refractivity contribution in [3.05, 3.63) is 74.8 Å². The summed E-state index contributed by atoms with van der Waals surface area (Å²) >= 11 is 6.04. The summed E-state index contributed by atoms with van der Waals surface area (Å²) in [6.07, 6.45) is 0.925. The number of hydrogen-bond acceptors (Lipinski definition) is 3. The Labute approximate surface area is 169 Å². The van der Waals surface area contributed by atoms with Crippen LogP contribution in [0.5, 0.6) is 0 Å². The SMILES string of the molecule is CCc1ccc(C(=O)N(C)C(C)c2nc3ccc(Cl)cc3c(=O)n2CC)cc1. The molecule has 1 heterocycles. The van der Waals surface area contributed by atoms with E-state index in [-0.39, 0.29) is 17.5 Å². The maximum absolute atomic E-state index is 12.9. The van der Waals surface area contributed by atoms with Crippen molar-refractivity contribution >= 4 is 28.4 Å². The molecule has 1 unspecified atom stereocenters. The van der Waals surface area contributed by atoms with Crippen LogP contribution in [-0.4, -0.2) is 27.4 Å². The largest absolute Gasteiger partial charge is 0.332 e. The Morgan fingerprint density at radius 3 is 2.46 bits per heavy atom. The van der Waals surface area contributed by atoms with E-state index in [2.05, 4.69) is 11.9 Å². The third-order valence-corrected chi connectivity index (χ3v) is 5.38. The molecule has 5 nitrogen and oxygen atoms in total. The van der Waals surface area contributed by atoms with Crippen molar-refractivity contribution < 1.29 is 4.79 Å². The first-order valence-electron chi connectivity index (χ1n) is 9.43. The first kappa shape index (κ1) is 20.1. The highest BCUT2D eigenvalue weighted by molar-refractivity contribution is 6.31. The highest BCUT2D eigenvalue weighted by atomic mass is 35.5. The lowest BCUT2D eigenvalue weighted by Gasteiger charge is -2.27. The van der Waals surface area contributed by atoms with Gasteiger partial charge in [0, 0.05) is 24.2 Å². The van der Waals surface area contributed by atoms with E-state index in [1.54, 1.807) is 34.7 Å². The highest BCUT2D eigenvalue weighted by Crippen LogP contribution is 2.22. The minimum atomic E-state index is -0.369. The van der Waals surface area contributed by atoms with Crippen molar-refractivity contribution in [1.29, 1.82) is 0 Å². The zero-order chi connectivity index (χ0) is 20.4. The van der Waals surface area contributed by atoms with Gasteiger partial charge in [-0.05, 0) is 56.2 Å². The summed E-state index contributed by atoms with van der Waals surface area (Å²) in [7, 11) is 1.74. The predicted octanol–water partition coefficient (Wildman–Crippen LogP) is 4.47. The number of carbonyl (C=O) groups excluding carboxylic acids is 1. The van der Waals surface area contributed by atoms with Crippen LogP contribution in [0.4, 0.5) is 0 Å². The van der Waals surface area contributed by atoms with Crippen molar-refractivity contribution in [2.45, 2.75) is 39.8 Å². The molecule has 146 valence electrons. The van der Waals surface area contributed by atoms with E-state index < -0.39 is 0 Å². The summed E-state index contributed by atoms with van der Waals surface area (Å²) in [4.78, 5) is 32.2. The number of carbonyl (C=O) groups is 1. The molecule has 28 heavy (non-hydrogen) atoms. The van der Waals surface area contributed by atoms with Gasteiger partial charge in [-0.3, -0.25) is 14.2 Å². The van der Waals surface area contributed by atoms with E-state index in [1.807, 2.05) is 38.1 Å². The molecule has 1 atom stereocenters. The van der Waals surface area contributed by atoms with Crippen LogP contribution in [-0.2, 0) is 13.0 Å². The lowest BCUT2D eigenvalue weighted by atomic mass is 10.1. The molecule has 2 aromatic carbocycles. The minimum absolute atomic E-state index is 0.108. The second kappa shape index (κ2) is 8.15. The Morgan fingerprint density at radius 1 is 1.18 bits per heavy atom. The highest BCUT2D eigenvalue weighted by Gasteiger charge is 2.24. The van der Waals surface area contributed by atoms with Gasteiger partial charge in [0.05, 0.1) is 16.9 Å². The number of benzene rings is 2. The molecule has 0 spiro atoms. The van der Waals surface area contributed by atoms with Crippen LogP contribution in [0.1, 0.15) is 48.6 Å². The van der Waals surface area contributed by atoms with Gasteiger partial charge in [0.2, 0.25) is 0 Å². The number of aromatic nitrogens is 2. The molecule has 0 N–H and O–H groups in total. The second-order valence-corrected chi connectivity index (χ2v) is 7.26. The first-order valence-corrected chi connectivity index (χ1v) is 9.81. The standard InChI is InChI=1S/C22H24ClN3O2/c1-5-15-7-9-16(10-8-15)21(27)25(4)14(3)20-24-19-12-11-17(23)13-18(19)22(28)26(20)6-2/h7-14H,5-6H2,1-4H3. The van der Waals surface area contributed by atoms with Gasteiger partial charge in [-0.25, -0.2) is 4.98 Å². The zero-order valence-corrected chi connectivity index (χ0v) is 17.3. The Morgan fingerprint density at radius 2 is 1.86 bits per heavy atom. The summed E-state index contributed by atoms with van der Waals surface area (Å²) < 4.78 is 1.60. The third kappa shape index (κ3) is 3.67. The van der Waals surface area contributed by atoms with Crippen LogP contribution < -0.4 is 5.56 Å². The van der Waals surface area contributed by atoms with Crippen molar-refractivity contribution in [2.75, 3.05) is 7.05 Å². The van der Waals surface area contributed by atoms with Crippen LogP contribution in [0.25, 0.3) is 10.9 Å². The third-order valence-electron chi connectivity index (χ3n) is 5.15. The van der Waals surface area contributed by atoms with E-state index in [0.29, 0.717) is 33.9 Å². The van der Waals surface area contributed by atoms with Crippen molar-refractivity contribution in [3.63, 3.8) is 0 Å². The Balaban J connectivity index is 2.01. The zero-order valence-electron chi connectivity index (χ0n) is 16.6. The van der Waals surface area contributed by atoms with Gasteiger partial charge in [-0.2, -0.15) is 0 Å². The number of fused-ring (bicyclic) bond motifs is 1. The number of nitrogens with zero attached hydrogens (tertiary/aromatic N) is 3. The van der Waals surface area contributed by atoms with Crippen LogP contribution >= 0.6 is 11.6 Å². The summed E-state index contributed by atoms with van der Waals surface area (Å²) in [5.74, 6) is 0.451. The Bertz CT molecular complexity index is 1070. The first-order chi connectivity index (χ1) is 13.4. The number of aryl methyl sites for hydroxylation is 1. The van der Waals surface area contributed by atoms with Crippen molar-refractivity contribution in [3.8, 4) is 0 Å². The molecule has 0 saturated heterocycles. The van der Waals surface area contributed by atoms with Crippen molar-refractivity contribution in [1.82, 2.24) is 14.5 Å². The summed E-state index contributed by atoms with van der Waals surface area (Å²) in [5, 5.41) is 0.979. The molecule has 6 heteroatoms. The molecular formula is C22H24ClN3O2. The average molecular weight is 398 g/mol. The van der Waals surface area contributed by atoms with Gasteiger partial charge in [0.1, 0.15) is 5.82 Å². The molecule has 0 aliphatic rings. The summed E-state index contributed by atoms with van der Waals surface area (Å²) in [6.45, 7) is 6.31. The van der Waals surface area contributed by atoms with Gasteiger partial charge in [-0.15, -0.1) is 0 Å². The smallest absolute Gasteiger partial charge is 0.261 e. The van der Waals surface area contributed by atoms with Gasteiger partial charge < -0.3 is 4.90 Å². The normalized spacial score (nSPS) is 12.2. The molecule has 0 saturated carbocycles. The fourth-order valence-electron chi connectivity index (χ4n) is 3.27. The van der Waals surface area contributed by atoms with Crippen LogP contribution in [0.2, 0.25) is 5.02 Å². The van der Waals surface area contributed by atoms with E-state index >= 15 is 0 Å². The van der Waals surface area contributed by atoms with E-state index in [1.165, 1.54) is 5.56 Å². The van der Waals surface area contributed by atoms with Gasteiger partial charge in [0.15, 0.2) is 0 Å². The number of halogens is 1. The molecule has 0 bridgehead atoms. The molecule has 3 aromatic rings. The maximum Gasteiger partial charge on any atom is 0.261 e. The molecule has 0 aliphatic heterocycles. The molecule has 0 aliphatic carbocycles. The molecule has 3 rings (SSSR count). The van der Waals surface area contributed by atoms with Gasteiger partial charge >= 0.3 is 0 Å². The fourth-order valence-corrected chi connectivity index (χ4v) is 3.44. The second-order valence-electron chi connectivity index (χ2n) is 6.82. The van der Waals surface area contributed by atoms with E-state index in [9.17, 15) is 9.59 Å². The quantitative estimate of drug-likeness (QED) is 0.638. The number of rotatable bonds is 5. The van der Waals surface area contributed by atoms with Crippen LogP contribution in [0.15, 0.2) is 47.3 Å². The van der Waals surface area contributed by atoms with Crippen LogP contribution in [0, 0.1) is 0 Å². The lowest BCUT2D eigenvalue weighted by Crippen LogP contribution is -2.35. The van der Waals surface area contributed by atoms with Gasteiger partial charge in [0.25, 0.3) is 11.5 Å². The number of amides is 1. The molecular weight excluding hydrogens is 374 g/mol. The molecule has 1 aromatic heterocycles. The fraction of sp³-hybridized carbons (Fsp3) is 0.318.